The molecule has 0 aromatic heterocycles. The molecule has 0 spiro atoms. The molecule has 3 N–H and O–H groups in total. The minimum Gasteiger partial charge on any atom is -0.480 e. The predicted octanol–water partition coefficient (Wildman–Crippen LogP) is 5.50. The Morgan fingerprint density at radius 3 is 1.98 bits per heavy atom. The van der Waals surface area contributed by atoms with Crippen molar-refractivity contribution in [2.45, 2.75) is 64.3 Å². The van der Waals surface area contributed by atoms with Crippen molar-refractivity contribution in [1.82, 2.24) is 10.6 Å². The number of amides is 2. The van der Waals surface area contributed by atoms with E-state index in [2.05, 4.69) is 22.8 Å². The van der Waals surface area contributed by atoms with E-state index in [1.165, 1.54) is 0 Å². The number of rotatable bonds is 13. The van der Waals surface area contributed by atoms with Gasteiger partial charge in [-0.05, 0) is 53.5 Å². The highest BCUT2D eigenvalue weighted by Crippen LogP contribution is 2.44. The average Bonchev–Trinajstić information content (AvgIpc) is 3.29. The van der Waals surface area contributed by atoms with Gasteiger partial charge in [0.2, 0.25) is 5.91 Å². The zero-order valence-electron chi connectivity index (χ0n) is 23.7. The van der Waals surface area contributed by atoms with Gasteiger partial charge in [-0.1, -0.05) is 92.7 Å². The van der Waals surface area contributed by atoms with Gasteiger partial charge in [0.1, 0.15) is 18.7 Å². The predicted molar refractivity (Wildman–Crippen MR) is 156 cm³/mol. The normalized spacial score (nSPS) is 14.4. The lowest BCUT2D eigenvalue weighted by molar-refractivity contribution is -0.143. The molecular weight excluding hydrogens is 520 g/mol. The molecule has 0 heterocycles. The van der Waals surface area contributed by atoms with Crippen LogP contribution in [0.2, 0.25) is 0 Å². The Kier molecular flexibility index (Phi) is 10.1. The van der Waals surface area contributed by atoms with Crippen LogP contribution in [0.3, 0.4) is 0 Å². The summed E-state index contributed by atoms with van der Waals surface area (Å²) in [6.07, 6.45) is -0.649. The first-order valence-electron chi connectivity index (χ1n) is 14.0. The lowest BCUT2D eigenvalue weighted by atomic mass is 9.98. The minimum atomic E-state index is -1.17. The summed E-state index contributed by atoms with van der Waals surface area (Å²) >= 11 is 0. The van der Waals surface area contributed by atoms with E-state index >= 15 is 0 Å². The van der Waals surface area contributed by atoms with Gasteiger partial charge in [-0.2, -0.15) is 0 Å². The summed E-state index contributed by atoms with van der Waals surface area (Å²) in [5.74, 6) is -1.64. The first kappa shape index (κ1) is 29.8. The second-order valence-corrected chi connectivity index (χ2v) is 10.8. The standard InChI is InChI=1S/C33H38N2O6/c1-21(2)17-18-29(32(37)38)34-31(36)30(22(3)40-19-23-11-5-4-6-12-23)35-33(39)41-20-28-26-15-9-7-13-24(26)25-14-8-10-16-27(25)28/h4-16,21-22,28-30H,17-20H2,1-3H3,(H,34,36)(H,35,39)(H,37,38). The van der Waals surface area contributed by atoms with Crippen LogP contribution in [0.15, 0.2) is 78.9 Å². The van der Waals surface area contributed by atoms with Gasteiger partial charge in [-0.3, -0.25) is 4.79 Å². The maximum atomic E-state index is 13.4. The average molecular weight is 559 g/mol. The molecule has 216 valence electrons. The number of aliphatic carboxylic acids is 1. The summed E-state index contributed by atoms with van der Waals surface area (Å²) in [6.45, 7) is 5.94. The fourth-order valence-corrected chi connectivity index (χ4v) is 5.08. The third kappa shape index (κ3) is 7.73. The monoisotopic (exact) mass is 558 g/mol. The molecule has 0 aliphatic heterocycles. The number of nitrogens with one attached hydrogen (secondary N) is 2. The highest BCUT2D eigenvalue weighted by molar-refractivity contribution is 5.89. The lowest BCUT2D eigenvalue weighted by Gasteiger charge is -2.26. The number of carbonyl (C=O) groups excluding carboxylic acids is 2. The van der Waals surface area contributed by atoms with Gasteiger partial charge in [0.25, 0.3) is 0 Å². The van der Waals surface area contributed by atoms with E-state index in [1.54, 1.807) is 6.92 Å². The van der Waals surface area contributed by atoms with Crippen molar-refractivity contribution in [3.8, 4) is 11.1 Å². The van der Waals surface area contributed by atoms with E-state index in [-0.39, 0.29) is 31.5 Å². The number of hydrogen-bond acceptors (Lipinski definition) is 5. The topological polar surface area (TPSA) is 114 Å². The quantitative estimate of drug-likeness (QED) is 0.255. The molecule has 1 aliphatic carbocycles. The van der Waals surface area contributed by atoms with Crippen LogP contribution in [0.4, 0.5) is 4.79 Å². The first-order valence-corrected chi connectivity index (χ1v) is 14.0. The van der Waals surface area contributed by atoms with Crippen LogP contribution < -0.4 is 10.6 Å². The fourth-order valence-electron chi connectivity index (χ4n) is 5.08. The van der Waals surface area contributed by atoms with Crippen molar-refractivity contribution in [3.63, 3.8) is 0 Å². The van der Waals surface area contributed by atoms with Crippen LogP contribution >= 0.6 is 0 Å². The van der Waals surface area contributed by atoms with Gasteiger partial charge in [0.05, 0.1) is 12.7 Å². The molecule has 41 heavy (non-hydrogen) atoms. The fraction of sp³-hybridized carbons (Fsp3) is 0.364. The summed E-state index contributed by atoms with van der Waals surface area (Å²) in [4.78, 5) is 38.3. The zero-order chi connectivity index (χ0) is 29.4. The lowest BCUT2D eigenvalue weighted by Crippen LogP contribution is -2.56. The molecule has 0 radical (unpaired) electrons. The van der Waals surface area contributed by atoms with Crippen molar-refractivity contribution in [2.75, 3.05) is 6.61 Å². The maximum Gasteiger partial charge on any atom is 0.407 e. The zero-order valence-corrected chi connectivity index (χ0v) is 23.7. The molecule has 1 aliphatic rings. The highest BCUT2D eigenvalue weighted by atomic mass is 16.5. The third-order valence-electron chi connectivity index (χ3n) is 7.37. The van der Waals surface area contributed by atoms with Gasteiger partial charge >= 0.3 is 12.1 Å². The van der Waals surface area contributed by atoms with E-state index in [0.29, 0.717) is 6.42 Å². The third-order valence-corrected chi connectivity index (χ3v) is 7.37. The second-order valence-electron chi connectivity index (χ2n) is 10.8. The Bertz CT molecular complexity index is 1300. The van der Waals surface area contributed by atoms with E-state index in [1.807, 2.05) is 80.6 Å². The summed E-state index contributed by atoms with van der Waals surface area (Å²) in [5, 5.41) is 14.9. The van der Waals surface area contributed by atoms with Gasteiger partial charge in [0.15, 0.2) is 0 Å². The number of carbonyl (C=O) groups is 3. The van der Waals surface area contributed by atoms with Crippen molar-refractivity contribution < 1.29 is 29.0 Å². The Balaban J connectivity index is 1.45. The largest absolute Gasteiger partial charge is 0.480 e. The second kappa shape index (κ2) is 13.9. The Morgan fingerprint density at radius 2 is 1.39 bits per heavy atom. The SMILES string of the molecule is CC(C)CCC(NC(=O)C(NC(=O)OCC1c2ccccc2-c2ccccc21)C(C)OCc1ccccc1)C(=O)O. The molecule has 3 atom stereocenters. The summed E-state index contributed by atoms with van der Waals surface area (Å²) in [7, 11) is 0. The number of benzene rings is 3. The molecule has 3 aromatic carbocycles. The van der Waals surface area contributed by atoms with Crippen molar-refractivity contribution in [1.29, 1.82) is 0 Å². The minimum absolute atomic E-state index is 0.0829. The van der Waals surface area contributed by atoms with E-state index in [9.17, 15) is 19.5 Å². The Morgan fingerprint density at radius 1 is 0.805 bits per heavy atom. The molecule has 4 rings (SSSR count). The van der Waals surface area contributed by atoms with E-state index in [4.69, 9.17) is 9.47 Å². The van der Waals surface area contributed by atoms with Crippen LogP contribution in [0.5, 0.6) is 0 Å². The van der Waals surface area contributed by atoms with Gasteiger partial charge < -0.3 is 25.2 Å². The Hall–Kier alpha value is -4.17. The van der Waals surface area contributed by atoms with Gasteiger partial charge in [0, 0.05) is 5.92 Å². The maximum absolute atomic E-state index is 13.4. The molecule has 3 unspecified atom stereocenters. The van der Waals surface area contributed by atoms with Crippen LogP contribution in [-0.2, 0) is 25.7 Å². The summed E-state index contributed by atoms with van der Waals surface area (Å²) in [6, 6.07) is 23.2. The molecule has 0 saturated heterocycles. The molecular formula is C33H38N2O6. The van der Waals surface area contributed by atoms with Gasteiger partial charge in [-0.25, -0.2) is 9.59 Å². The molecule has 8 heteroatoms. The van der Waals surface area contributed by atoms with Crippen molar-refractivity contribution in [2.24, 2.45) is 5.92 Å². The molecule has 2 amide bonds. The van der Waals surface area contributed by atoms with Crippen LogP contribution in [-0.4, -0.2) is 47.9 Å². The molecule has 0 saturated carbocycles. The molecule has 0 fully saturated rings. The van der Waals surface area contributed by atoms with E-state index in [0.717, 1.165) is 27.8 Å². The van der Waals surface area contributed by atoms with Crippen LogP contribution in [0, 0.1) is 5.92 Å². The smallest absolute Gasteiger partial charge is 0.407 e. The molecule has 0 bridgehead atoms. The number of alkyl carbamates (subject to hydrolysis) is 1. The highest BCUT2D eigenvalue weighted by Gasteiger charge is 2.33. The summed E-state index contributed by atoms with van der Waals surface area (Å²) in [5.41, 5.74) is 5.27. The van der Waals surface area contributed by atoms with Gasteiger partial charge in [-0.15, -0.1) is 0 Å². The first-order chi connectivity index (χ1) is 19.7. The Labute approximate surface area is 241 Å². The number of hydrogen-bond donors (Lipinski definition) is 3. The van der Waals surface area contributed by atoms with Crippen molar-refractivity contribution in [3.05, 3.63) is 95.6 Å². The molecule has 3 aromatic rings. The number of fused-ring (bicyclic) bond motifs is 3. The number of ether oxygens (including phenoxy) is 2. The van der Waals surface area contributed by atoms with Crippen LogP contribution in [0.25, 0.3) is 11.1 Å². The summed E-state index contributed by atoms with van der Waals surface area (Å²) < 4.78 is 11.6. The molecule has 8 nitrogen and oxygen atoms in total. The van der Waals surface area contributed by atoms with Crippen LogP contribution in [0.1, 0.15) is 56.2 Å². The van der Waals surface area contributed by atoms with Crippen molar-refractivity contribution >= 4 is 18.0 Å². The van der Waals surface area contributed by atoms with E-state index < -0.39 is 36.2 Å². The number of carboxylic acid groups (broad SMARTS) is 1. The number of carboxylic acids is 1.